The largest absolute Gasteiger partial charge is 0.478 e. The standard InChI is InChI=1S/C9H14N2O3S/c1-11-8(6-15-4-3-14-2)7(5-10-11)9(12)13/h5H,3-4,6H2,1-2H3,(H,12,13). The molecule has 0 aromatic carbocycles. The van der Waals surface area contributed by atoms with Gasteiger partial charge in [-0.3, -0.25) is 4.68 Å². The molecular formula is C9H14N2O3S. The number of aromatic nitrogens is 2. The van der Waals surface area contributed by atoms with Crippen molar-refractivity contribution in [2.75, 3.05) is 19.5 Å². The van der Waals surface area contributed by atoms with Gasteiger partial charge >= 0.3 is 5.97 Å². The highest BCUT2D eigenvalue weighted by Gasteiger charge is 2.14. The van der Waals surface area contributed by atoms with Crippen LogP contribution in [0.25, 0.3) is 0 Å². The average Bonchev–Trinajstić information content (AvgIpc) is 2.55. The number of aromatic carboxylic acids is 1. The fourth-order valence-electron chi connectivity index (χ4n) is 1.12. The Morgan fingerprint density at radius 2 is 2.47 bits per heavy atom. The average molecular weight is 230 g/mol. The highest BCUT2D eigenvalue weighted by Crippen LogP contribution is 2.15. The maximum Gasteiger partial charge on any atom is 0.339 e. The van der Waals surface area contributed by atoms with Gasteiger partial charge in [0.05, 0.1) is 18.5 Å². The molecule has 1 N–H and O–H groups in total. The minimum atomic E-state index is -0.926. The van der Waals surface area contributed by atoms with Crippen molar-refractivity contribution in [3.05, 3.63) is 17.5 Å². The Morgan fingerprint density at radius 1 is 1.73 bits per heavy atom. The first-order valence-electron chi connectivity index (χ1n) is 4.47. The molecule has 0 aliphatic carbocycles. The van der Waals surface area contributed by atoms with Crippen molar-refractivity contribution >= 4 is 17.7 Å². The lowest BCUT2D eigenvalue weighted by molar-refractivity contribution is 0.0696. The van der Waals surface area contributed by atoms with Gasteiger partial charge < -0.3 is 9.84 Å². The number of ether oxygens (including phenoxy) is 1. The lowest BCUT2D eigenvalue weighted by Crippen LogP contribution is -2.04. The summed E-state index contributed by atoms with van der Waals surface area (Å²) in [4.78, 5) is 10.8. The van der Waals surface area contributed by atoms with Crippen LogP contribution in [-0.2, 0) is 17.5 Å². The number of rotatable bonds is 6. The van der Waals surface area contributed by atoms with Gasteiger partial charge in [0.25, 0.3) is 0 Å². The molecule has 0 saturated heterocycles. The third kappa shape index (κ3) is 3.24. The zero-order valence-electron chi connectivity index (χ0n) is 8.77. The Bertz CT molecular complexity index is 338. The molecule has 15 heavy (non-hydrogen) atoms. The van der Waals surface area contributed by atoms with Crippen LogP contribution in [0.2, 0.25) is 0 Å². The van der Waals surface area contributed by atoms with Crippen LogP contribution >= 0.6 is 11.8 Å². The summed E-state index contributed by atoms with van der Waals surface area (Å²) in [5.74, 6) is 0.563. The van der Waals surface area contributed by atoms with E-state index in [-0.39, 0.29) is 5.56 Å². The van der Waals surface area contributed by atoms with Gasteiger partial charge in [-0.15, -0.1) is 0 Å². The van der Waals surface area contributed by atoms with E-state index in [9.17, 15) is 4.79 Å². The monoisotopic (exact) mass is 230 g/mol. The molecule has 0 spiro atoms. The first kappa shape index (κ1) is 12.1. The molecule has 5 nitrogen and oxygen atoms in total. The van der Waals surface area contributed by atoms with E-state index in [0.29, 0.717) is 12.4 Å². The van der Waals surface area contributed by atoms with E-state index < -0.39 is 5.97 Å². The fraction of sp³-hybridized carbons (Fsp3) is 0.556. The normalized spacial score (nSPS) is 10.5. The Balaban J connectivity index is 2.58. The molecule has 0 fully saturated rings. The van der Waals surface area contributed by atoms with Crippen molar-refractivity contribution in [3.8, 4) is 0 Å². The number of carbonyl (C=O) groups is 1. The molecule has 0 radical (unpaired) electrons. The molecule has 1 aromatic rings. The minimum absolute atomic E-state index is 0.280. The summed E-state index contributed by atoms with van der Waals surface area (Å²) >= 11 is 1.63. The summed E-state index contributed by atoms with van der Waals surface area (Å²) in [5, 5.41) is 12.8. The van der Waals surface area contributed by atoms with Gasteiger partial charge in [-0.25, -0.2) is 4.79 Å². The maximum absolute atomic E-state index is 10.8. The van der Waals surface area contributed by atoms with Gasteiger partial charge in [0.2, 0.25) is 0 Å². The predicted molar refractivity (Wildman–Crippen MR) is 58.2 cm³/mol. The van der Waals surface area contributed by atoms with E-state index in [1.54, 1.807) is 30.6 Å². The van der Waals surface area contributed by atoms with Gasteiger partial charge in [-0.05, 0) is 0 Å². The van der Waals surface area contributed by atoms with E-state index in [4.69, 9.17) is 9.84 Å². The molecule has 6 heteroatoms. The van der Waals surface area contributed by atoms with Gasteiger partial charge in [0.15, 0.2) is 0 Å². The van der Waals surface area contributed by atoms with E-state index in [0.717, 1.165) is 11.4 Å². The van der Waals surface area contributed by atoms with Gasteiger partial charge in [-0.1, -0.05) is 0 Å². The zero-order valence-corrected chi connectivity index (χ0v) is 9.58. The van der Waals surface area contributed by atoms with Gasteiger partial charge in [0.1, 0.15) is 5.56 Å². The van der Waals surface area contributed by atoms with Crippen LogP contribution in [0.3, 0.4) is 0 Å². The number of methoxy groups -OCH3 is 1. The lowest BCUT2D eigenvalue weighted by Gasteiger charge is -2.03. The second kappa shape index (κ2) is 5.77. The smallest absolute Gasteiger partial charge is 0.339 e. The summed E-state index contributed by atoms with van der Waals surface area (Å²) in [6, 6.07) is 0. The van der Waals surface area contributed by atoms with E-state index in [1.165, 1.54) is 6.20 Å². The van der Waals surface area contributed by atoms with Gasteiger partial charge in [0, 0.05) is 25.7 Å². The summed E-state index contributed by atoms with van der Waals surface area (Å²) in [5.41, 5.74) is 1.02. The lowest BCUT2D eigenvalue weighted by atomic mass is 10.3. The molecule has 0 atom stereocenters. The molecule has 84 valence electrons. The SMILES string of the molecule is COCCSCc1c(C(=O)O)cnn1C. The second-order valence-electron chi connectivity index (χ2n) is 2.98. The number of carboxylic acid groups (broad SMARTS) is 1. The Hall–Kier alpha value is -1.01. The van der Waals surface area contributed by atoms with Crippen LogP contribution in [-0.4, -0.2) is 40.3 Å². The van der Waals surface area contributed by atoms with Crippen molar-refractivity contribution in [2.24, 2.45) is 7.05 Å². The quantitative estimate of drug-likeness (QED) is 0.738. The first-order chi connectivity index (χ1) is 7.16. The number of hydrogen-bond donors (Lipinski definition) is 1. The molecule has 0 unspecified atom stereocenters. The number of carboxylic acids is 1. The van der Waals surface area contributed by atoms with E-state index in [2.05, 4.69) is 5.10 Å². The van der Waals surface area contributed by atoms with Crippen molar-refractivity contribution in [1.82, 2.24) is 9.78 Å². The molecule has 0 bridgehead atoms. The number of hydrogen-bond acceptors (Lipinski definition) is 4. The Morgan fingerprint density at radius 3 is 3.07 bits per heavy atom. The molecular weight excluding hydrogens is 216 g/mol. The topological polar surface area (TPSA) is 64.3 Å². The van der Waals surface area contributed by atoms with Crippen LogP contribution < -0.4 is 0 Å². The van der Waals surface area contributed by atoms with Crippen molar-refractivity contribution in [1.29, 1.82) is 0 Å². The highest BCUT2D eigenvalue weighted by atomic mass is 32.2. The summed E-state index contributed by atoms with van der Waals surface area (Å²) in [6.07, 6.45) is 1.38. The third-order valence-corrected chi connectivity index (χ3v) is 2.90. The van der Waals surface area contributed by atoms with E-state index >= 15 is 0 Å². The molecule has 1 aromatic heterocycles. The Labute approximate surface area is 92.4 Å². The molecule has 1 heterocycles. The predicted octanol–water partition coefficient (Wildman–Crippen LogP) is 0.998. The van der Waals surface area contributed by atoms with Crippen LogP contribution in [0.4, 0.5) is 0 Å². The van der Waals surface area contributed by atoms with Crippen molar-refractivity contribution < 1.29 is 14.6 Å². The Kier molecular flexibility index (Phi) is 4.64. The first-order valence-corrected chi connectivity index (χ1v) is 5.63. The summed E-state index contributed by atoms with van der Waals surface area (Å²) in [7, 11) is 3.39. The summed E-state index contributed by atoms with van der Waals surface area (Å²) < 4.78 is 6.51. The molecule has 0 aliphatic rings. The van der Waals surface area contributed by atoms with Crippen LogP contribution in [0, 0.1) is 0 Å². The van der Waals surface area contributed by atoms with Crippen LogP contribution in [0.15, 0.2) is 6.20 Å². The highest BCUT2D eigenvalue weighted by molar-refractivity contribution is 7.98. The van der Waals surface area contributed by atoms with Crippen molar-refractivity contribution in [2.45, 2.75) is 5.75 Å². The molecule has 1 rings (SSSR count). The number of aryl methyl sites for hydroxylation is 1. The third-order valence-electron chi connectivity index (χ3n) is 1.96. The van der Waals surface area contributed by atoms with Crippen LogP contribution in [0.5, 0.6) is 0 Å². The van der Waals surface area contributed by atoms with E-state index in [1.807, 2.05) is 0 Å². The summed E-state index contributed by atoms with van der Waals surface area (Å²) in [6.45, 7) is 0.672. The maximum atomic E-state index is 10.8. The molecule has 0 aliphatic heterocycles. The number of nitrogens with zero attached hydrogens (tertiary/aromatic N) is 2. The van der Waals surface area contributed by atoms with Crippen LogP contribution in [0.1, 0.15) is 16.1 Å². The molecule has 0 amide bonds. The van der Waals surface area contributed by atoms with Crippen molar-refractivity contribution in [3.63, 3.8) is 0 Å². The number of thioether (sulfide) groups is 1. The minimum Gasteiger partial charge on any atom is -0.478 e. The zero-order chi connectivity index (χ0) is 11.3. The van der Waals surface area contributed by atoms with Gasteiger partial charge in [-0.2, -0.15) is 16.9 Å². The molecule has 0 saturated carbocycles. The second-order valence-corrected chi connectivity index (χ2v) is 4.08. The fourth-order valence-corrected chi connectivity index (χ4v) is 2.09.